The summed E-state index contributed by atoms with van der Waals surface area (Å²) in [5, 5.41) is 13.0. The van der Waals surface area contributed by atoms with Crippen molar-refractivity contribution in [2.45, 2.75) is 6.54 Å². The molecule has 4 nitrogen and oxygen atoms in total. The molecule has 0 fully saturated rings. The van der Waals surface area contributed by atoms with Crippen LogP contribution in [0.4, 0.5) is 0 Å². The molecule has 1 heterocycles. The van der Waals surface area contributed by atoms with E-state index >= 15 is 0 Å². The number of hydrogen-bond acceptors (Lipinski definition) is 3. The number of rotatable bonds is 4. The molecular formula is C18H14N4. The Bertz CT molecular complexity index is 795. The monoisotopic (exact) mass is 286 g/mol. The maximum absolute atomic E-state index is 8.88. The molecule has 0 N–H and O–H groups in total. The van der Waals surface area contributed by atoms with Gasteiger partial charge in [-0.25, -0.2) is 9.67 Å². The van der Waals surface area contributed by atoms with E-state index in [0.717, 1.165) is 16.7 Å². The highest BCUT2D eigenvalue weighted by Crippen LogP contribution is 2.20. The van der Waals surface area contributed by atoms with Crippen LogP contribution < -0.4 is 0 Å². The molecule has 106 valence electrons. The van der Waals surface area contributed by atoms with Crippen molar-refractivity contribution >= 4 is 11.6 Å². The van der Waals surface area contributed by atoms with Crippen LogP contribution in [0.2, 0.25) is 0 Å². The highest BCUT2D eigenvalue weighted by Gasteiger charge is 2.04. The lowest BCUT2D eigenvalue weighted by molar-refractivity contribution is 0.711. The van der Waals surface area contributed by atoms with Crippen LogP contribution in [0, 0.1) is 11.3 Å². The fourth-order valence-corrected chi connectivity index (χ4v) is 2.22. The summed E-state index contributed by atoms with van der Waals surface area (Å²) in [7, 11) is 0. The summed E-state index contributed by atoms with van der Waals surface area (Å²) < 4.78 is 1.79. The molecular weight excluding hydrogens is 272 g/mol. The summed E-state index contributed by atoms with van der Waals surface area (Å²) in [6.07, 6.45) is 5.35. The number of hydrogen-bond donors (Lipinski definition) is 0. The molecule has 0 spiro atoms. The van der Waals surface area contributed by atoms with Gasteiger partial charge in [-0.3, -0.25) is 0 Å². The van der Waals surface area contributed by atoms with E-state index in [1.165, 1.54) is 6.33 Å². The Labute approximate surface area is 129 Å². The smallest absolute Gasteiger partial charge is 0.137 e. The molecule has 0 aliphatic rings. The van der Waals surface area contributed by atoms with Crippen LogP contribution in [-0.2, 0) is 6.54 Å². The SMILES string of the molecule is N#Cc1ccc(C=C(Cn2cncn2)c2ccccc2)cc1. The minimum absolute atomic E-state index is 0.643. The van der Waals surface area contributed by atoms with Crippen molar-refractivity contribution in [1.29, 1.82) is 5.26 Å². The molecule has 0 radical (unpaired) electrons. The lowest BCUT2D eigenvalue weighted by atomic mass is 10.0. The molecule has 3 aromatic rings. The Morgan fingerprint density at radius 1 is 1.09 bits per heavy atom. The van der Waals surface area contributed by atoms with Gasteiger partial charge in [0.15, 0.2) is 0 Å². The van der Waals surface area contributed by atoms with Gasteiger partial charge < -0.3 is 0 Å². The first-order valence-electron chi connectivity index (χ1n) is 6.94. The van der Waals surface area contributed by atoms with Crippen molar-refractivity contribution < 1.29 is 0 Å². The third kappa shape index (κ3) is 3.28. The van der Waals surface area contributed by atoms with Gasteiger partial charge in [0, 0.05) is 0 Å². The van der Waals surface area contributed by atoms with Crippen molar-refractivity contribution in [3.63, 3.8) is 0 Å². The Morgan fingerprint density at radius 3 is 2.50 bits per heavy atom. The molecule has 0 atom stereocenters. The van der Waals surface area contributed by atoms with Gasteiger partial charge in [0.25, 0.3) is 0 Å². The van der Waals surface area contributed by atoms with E-state index < -0.39 is 0 Å². The van der Waals surface area contributed by atoms with Crippen molar-refractivity contribution in [1.82, 2.24) is 14.8 Å². The van der Waals surface area contributed by atoms with E-state index in [1.54, 1.807) is 11.0 Å². The maximum Gasteiger partial charge on any atom is 0.137 e. The molecule has 0 aliphatic heterocycles. The second-order valence-electron chi connectivity index (χ2n) is 4.86. The van der Waals surface area contributed by atoms with Gasteiger partial charge in [0.1, 0.15) is 12.7 Å². The van der Waals surface area contributed by atoms with Gasteiger partial charge in [-0.15, -0.1) is 0 Å². The van der Waals surface area contributed by atoms with Crippen LogP contribution in [0.15, 0.2) is 67.3 Å². The number of aromatic nitrogens is 3. The van der Waals surface area contributed by atoms with E-state index in [9.17, 15) is 0 Å². The third-order valence-corrected chi connectivity index (χ3v) is 3.32. The summed E-state index contributed by atoms with van der Waals surface area (Å²) in [5.41, 5.74) is 3.99. The van der Waals surface area contributed by atoms with Gasteiger partial charge in [-0.2, -0.15) is 10.4 Å². The van der Waals surface area contributed by atoms with E-state index in [0.29, 0.717) is 12.1 Å². The number of allylic oxidation sites excluding steroid dienone is 1. The average molecular weight is 286 g/mol. The lowest BCUT2D eigenvalue weighted by Crippen LogP contribution is -2.01. The number of nitrogens with zero attached hydrogens (tertiary/aromatic N) is 4. The van der Waals surface area contributed by atoms with E-state index in [1.807, 2.05) is 42.5 Å². The third-order valence-electron chi connectivity index (χ3n) is 3.32. The quantitative estimate of drug-likeness (QED) is 0.691. The first-order chi connectivity index (χ1) is 10.8. The summed E-state index contributed by atoms with van der Waals surface area (Å²) >= 11 is 0. The zero-order valence-corrected chi connectivity index (χ0v) is 11.9. The van der Waals surface area contributed by atoms with Crippen molar-refractivity contribution in [3.8, 4) is 6.07 Å². The molecule has 0 unspecified atom stereocenters. The second kappa shape index (κ2) is 6.51. The fourth-order valence-electron chi connectivity index (χ4n) is 2.22. The molecule has 0 saturated heterocycles. The van der Waals surface area contributed by atoms with Crippen LogP contribution >= 0.6 is 0 Å². The summed E-state index contributed by atoms with van der Waals surface area (Å²) in [6, 6.07) is 19.9. The largest absolute Gasteiger partial charge is 0.249 e. The fraction of sp³-hybridized carbons (Fsp3) is 0.0556. The van der Waals surface area contributed by atoms with E-state index in [-0.39, 0.29) is 0 Å². The van der Waals surface area contributed by atoms with Gasteiger partial charge in [0.2, 0.25) is 0 Å². The normalized spacial score (nSPS) is 11.1. The van der Waals surface area contributed by atoms with Gasteiger partial charge in [-0.05, 0) is 34.9 Å². The van der Waals surface area contributed by atoms with E-state index in [4.69, 9.17) is 5.26 Å². The molecule has 0 aliphatic carbocycles. The zero-order chi connectivity index (χ0) is 15.2. The molecule has 0 bridgehead atoms. The Hall–Kier alpha value is -3.19. The van der Waals surface area contributed by atoms with Gasteiger partial charge in [0.05, 0.1) is 18.2 Å². The van der Waals surface area contributed by atoms with Gasteiger partial charge in [-0.1, -0.05) is 42.5 Å². The van der Waals surface area contributed by atoms with Crippen molar-refractivity contribution in [2.24, 2.45) is 0 Å². The van der Waals surface area contributed by atoms with Crippen LogP contribution in [0.3, 0.4) is 0 Å². The minimum atomic E-state index is 0.643. The Balaban J connectivity index is 1.96. The van der Waals surface area contributed by atoms with Crippen LogP contribution in [-0.4, -0.2) is 14.8 Å². The highest BCUT2D eigenvalue weighted by atomic mass is 15.3. The van der Waals surface area contributed by atoms with Crippen LogP contribution in [0.5, 0.6) is 0 Å². The first kappa shape index (κ1) is 13.8. The van der Waals surface area contributed by atoms with Gasteiger partial charge >= 0.3 is 0 Å². The zero-order valence-electron chi connectivity index (χ0n) is 11.9. The molecule has 1 aromatic heterocycles. The molecule has 22 heavy (non-hydrogen) atoms. The number of benzene rings is 2. The van der Waals surface area contributed by atoms with Crippen LogP contribution in [0.25, 0.3) is 11.6 Å². The Kier molecular flexibility index (Phi) is 4.08. The molecule has 4 heteroatoms. The summed E-state index contributed by atoms with van der Waals surface area (Å²) in [5.74, 6) is 0. The molecule has 0 saturated carbocycles. The molecule has 0 amide bonds. The second-order valence-corrected chi connectivity index (χ2v) is 4.86. The average Bonchev–Trinajstić information content (AvgIpc) is 3.09. The maximum atomic E-state index is 8.88. The molecule has 2 aromatic carbocycles. The topological polar surface area (TPSA) is 54.5 Å². The first-order valence-corrected chi connectivity index (χ1v) is 6.94. The van der Waals surface area contributed by atoms with Crippen molar-refractivity contribution in [2.75, 3.05) is 0 Å². The summed E-state index contributed by atoms with van der Waals surface area (Å²) in [6.45, 7) is 0.643. The molecule has 3 rings (SSSR count). The summed E-state index contributed by atoms with van der Waals surface area (Å²) in [4.78, 5) is 3.99. The Morgan fingerprint density at radius 2 is 1.86 bits per heavy atom. The predicted molar refractivity (Wildman–Crippen MR) is 85.5 cm³/mol. The standard InChI is InChI=1S/C18H14N4/c19-11-16-8-6-15(7-9-16)10-18(12-22-14-20-13-21-22)17-4-2-1-3-5-17/h1-10,13-14H,12H2. The highest BCUT2D eigenvalue weighted by molar-refractivity contribution is 5.81. The minimum Gasteiger partial charge on any atom is -0.249 e. The lowest BCUT2D eigenvalue weighted by Gasteiger charge is -2.08. The van der Waals surface area contributed by atoms with Crippen LogP contribution in [0.1, 0.15) is 16.7 Å². The number of nitriles is 1. The van der Waals surface area contributed by atoms with E-state index in [2.05, 4.69) is 34.4 Å². The predicted octanol–water partition coefficient (Wildman–Crippen LogP) is 3.39. The van der Waals surface area contributed by atoms with Crippen molar-refractivity contribution in [3.05, 3.63) is 83.9 Å².